The summed E-state index contributed by atoms with van der Waals surface area (Å²) in [5.74, 6) is 3.86. The van der Waals surface area contributed by atoms with Gasteiger partial charge in [0.2, 0.25) is 0 Å². The average molecular weight is 637 g/mol. The number of para-hydroxylation sites is 2. The van der Waals surface area contributed by atoms with Crippen LogP contribution in [0.3, 0.4) is 0 Å². The number of hydrogen-bond donors (Lipinski definition) is 4. The maximum Gasteiger partial charge on any atom is 0.255 e. The fourth-order valence-corrected chi connectivity index (χ4v) is 6.74. The molecule has 0 fully saturated rings. The van der Waals surface area contributed by atoms with E-state index in [0.717, 1.165) is 22.3 Å². The zero-order valence-corrected chi connectivity index (χ0v) is 26.1. The lowest BCUT2D eigenvalue weighted by Gasteiger charge is -2.37. The number of carbonyl (C=O) groups is 2. The fraction of sp³-hybridized carbons (Fsp3) is 0.0233. The molecule has 6 heteroatoms. The minimum Gasteiger partial charge on any atom is -0.506 e. The molecule has 4 N–H and O–H groups in total. The third-order valence-electron chi connectivity index (χ3n) is 8.95. The summed E-state index contributed by atoms with van der Waals surface area (Å²) in [5, 5.41) is 28.9. The molecule has 1 aliphatic rings. The standard InChI is InChI=1S/C43H28N2O4/c1-3-27-19-23-29(24-20-27)41(48)44-39-35(15-9-17-37(39)46)43(33-13-7-5-11-31(33)32-12-6-8-14-34(32)43)36-16-10-18-38(47)40(36)45-42(49)30-25-21-28(4-2)22-26-30/h1-2,5-26,46-47H,(H,44,48)(H,45,49). The number of hydrogen-bond acceptors (Lipinski definition) is 4. The van der Waals surface area contributed by atoms with E-state index in [4.69, 9.17) is 12.8 Å². The van der Waals surface area contributed by atoms with Gasteiger partial charge in [0.05, 0.1) is 16.8 Å². The Hall–Kier alpha value is -7.02. The summed E-state index contributed by atoms with van der Waals surface area (Å²) in [4.78, 5) is 27.5. The molecule has 2 amide bonds. The van der Waals surface area contributed by atoms with E-state index < -0.39 is 17.2 Å². The van der Waals surface area contributed by atoms with Gasteiger partial charge in [0.15, 0.2) is 0 Å². The van der Waals surface area contributed by atoms with Crippen molar-refractivity contribution in [1.29, 1.82) is 0 Å². The minimum atomic E-state index is -1.24. The van der Waals surface area contributed by atoms with Crippen LogP contribution < -0.4 is 10.6 Å². The highest BCUT2D eigenvalue weighted by molar-refractivity contribution is 6.08. The van der Waals surface area contributed by atoms with Crippen molar-refractivity contribution in [3.05, 3.63) is 178 Å². The lowest BCUT2D eigenvalue weighted by atomic mass is 9.66. The fourth-order valence-electron chi connectivity index (χ4n) is 6.74. The summed E-state index contributed by atoms with van der Waals surface area (Å²) in [6.45, 7) is 0. The number of benzene rings is 6. The molecular formula is C43H28N2O4. The highest BCUT2D eigenvalue weighted by atomic mass is 16.3. The van der Waals surface area contributed by atoms with Crippen LogP contribution in [0.4, 0.5) is 11.4 Å². The maximum absolute atomic E-state index is 13.8. The second kappa shape index (κ2) is 12.3. The Morgan fingerprint density at radius 3 is 1.24 bits per heavy atom. The van der Waals surface area contributed by atoms with Gasteiger partial charge in [-0.05, 0) is 94.0 Å². The van der Waals surface area contributed by atoms with Crippen LogP contribution in [0.25, 0.3) is 11.1 Å². The van der Waals surface area contributed by atoms with Crippen molar-refractivity contribution in [2.24, 2.45) is 0 Å². The molecule has 6 aromatic carbocycles. The number of terminal acetylenes is 2. The molecule has 0 saturated carbocycles. The molecule has 1 aliphatic carbocycles. The molecule has 6 aromatic rings. The molecule has 0 atom stereocenters. The van der Waals surface area contributed by atoms with E-state index in [2.05, 4.69) is 22.5 Å². The van der Waals surface area contributed by atoms with Crippen molar-refractivity contribution < 1.29 is 19.8 Å². The van der Waals surface area contributed by atoms with Gasteiger partial charge in [-0.25, -0.2) is 0 Å². The van der Waals surface area contributed by atoms with Crippen molar-refractivity contribution in [3.63, 3.8) is 0 Å². The number of phenolic OH excluding ortho intramolecular Hbond substituents is 2. The first kappa shape index (κ1) is 30.6. The van der Waals surface area contributed by atoms with E-state index in [0.29, 0.717) is 33.4 Å². The van der Waals surface area contributed by atoms with E-state index in [1.165, 1.54) is 12.1 Å². The minimum absolute atomic E-state index is 0.160. The smallest absolute Gasteiger partial charge is 0.255 e. The van der Waals surface area contributed by atoms with E-state index in [9.17, 15) is 19.8 Å². The number of phenols is 2. The van der Waals surface area contributed by atoms with Gasteiger partial charge < -0.3 is 20.8 Å². The lowest BCUT2D eigenvalue weighted by Crippen LogP contribution is -2.32. The molecule has 6 nitrogen and oxygen atoms in total. The number of carbonyl (C=O) groups excluding carboxylic acids is 2. The highest BCUT2D eigenvalue weighted by Crippen LogP contribution is 2.60. The van der Waals surface area contributed by atoms with Crippen LogP contribution in [0.15, 0.2) is 133 Å². The average Bonchev–Trinajstić information content (AvgIpc) is 3.44. The van der Waals surface area contributed by atoms with Crippen molar-refractivity contribution in [1.82, 2.24) is 0 Å². The van der Waals surface area contributed by atoms with Gasteiger partial charge in [0.1, 0.15) is 11.5 Å². The van der Waals surface area contributed by atoms with Crippen LogP contribution in [-0.2, 0) is 5.41 Å². The highest BCUT2D eigenvalue weighted by Gasteiger charge is 2.49. The van der Waals surface area contributed by atoms with Gasteiger partial charge in [0.25, 0.3) is 11.8 Å². The Morgan fingerprint density at radius 2 is 0.857 bits per heavy atom. The molecule has 0 aromatic heterocycles. The van der Waals surface area contributed by atoms with Crippen LogP contribution >= 0.6 is 0 Å². The van der Waals surface area contributed by atoms with E-state index in [1.807, 2.05) is 60.7 Å². The molecule has 7 rings (SSSR count). The zero-order valence-electron chi connectivity index (χ0n) is 26.1. The normalized spacial score (nSPS) is 12.1. The van der Waals surface area contributed by atoms with Crippen LogP contribution in [0.2, 0.25) is 0 Å². The number of anilines is 2. The summed E-state index contributed by atoms with van der Waals surface area (Å²) in [6.07, 6.45) is 11.0. The van der Waals surface area contributed by atoms with Gasteiger partial charge in [-0.15, -0.1) is 12.8 Å². The van der Waals surface area contributed by atoms with Crippen molar-refractivity contribution in [2.75, 3.05) is 10.6 Å². The van der Waals surface area contributed by atoms with E-state index in [-0.39, 0.29) is 22.9 Å². The summed E-state index contributed by atoms with van der Waals surface area (Å²) in [7, 11) is 0. The molecule has 0 aliphatic heterocycles. The predicted molar refractivity (Wildman–Crippen MR) is 192 cm³/mol. The zero-order chi connectivity index (χ0) is 34.1. The van der Waals surface area contributed by atoms with Crippen LogP contribution in [0.1, 0.15) is 54.1 Å². The summed E-state index contributed by atoms with van der Waals surface area (Å²) >= 11 is 0. The van der Waals surface area contributed by atoms with E-state index in [1.54, 1.807) is 60.7 Å². The SMILES string of the molecule is C#Cc1ccc(C(=O)Nc2c(O)cccc2C2(c3cccc(O)c3NC(=O)c3ccc(C#C)cc3)c3ccccc3-c3ccccc32)cc1. The van der Waals surface area contributed by atoms with Gasteiger partial charge >= 0.3 is 0 Å². The van der Waals surface area contributed by atoms with E-state index >= 15 is 0 Å². The monoisotopic (exact) mass is 636 g/mol. The molecule has 49 heavy (non-hydrogen) atoms. The van der Waals surface area contributed by atoms with Gasteiger partial charge in [-0.1, -0.05) is 84.6 Å². The van der Waals surface area contributed by atoms with Gasteiger partial charge in [0, 0.05) is 22.3 Å². The maximum atomic E-state index is 13.8. The molecular weight excluding hydrogens is 608 g/mol. The molecule has 0 unspecified atom stereocenters. The third kappa shape index (κ3) is 5.06. The number of rotatable bonds is 6. The van der Waals surface area contributed by atoms with Gasteiger partial charge in [-0.2, -0.15) is 0 Å². The molecule has 234 valence electrons. The van der Waals surface area contributed by atoms with Crippen molar-refractivity contribution in [3.8, 4) is 47.3 Å². The van der Waals surface area contributed by atoms with Crippen LogP contribution in [0.5, 0.6) is 11.5 Å². The van der Waals surface area contributed by atoms with Crippen molar-refractivity contribution in [2.45, 2.75) is 5.41 Å². The first-order chi connectivity index (χ1) is 23.9. The van der Waals surface area contributed by atoms with Crippen LogP contribution in [0, 0.1) is 24.7 Å². The second-order valence-corrected chi connectivity index (χ2v) is 11.6. The number of fused-ring (bicyclic) bond motifs is 3. The molecule has 0 spiro atoms. The quantitative estimate of drug-likeness (QED) is 0.110. The van der Waals surface area contributed by atoms with Crippen molar-refractivity contribution >= 4 is 23.2 Å². The molecule has 0 bridgehead atoms. The largest absolute Gasteiger partial charge is 0.506 e. The third-order valence-corrected chi connectivity index (χ3v) is 8.95. The van der Waals surface area contributed by atoms with Crippen LogP contribution in [-0.4, -0.2) is 22.0 Å². The predicted octanol–water partition coefficient (Wildman–Crippen LogP) is 7.93. The Bertz CT molecular complexity index is 2190. The summed E-state index contributed by atoms with van der Waals surface area (Å²) in [6, 6.07) is 39.0. The topological polar surface area (TPSA) is 98.7 Å². The molecule has 0 radical (unpaired) electrons. The second-order valence-electron chi connectivity index (χ2n) is 11.6. The van der Waals surface area contributed by atoms with Gasteiger partial charge in [-0.3, -0.25) is 9.59 Å². The number of amides is 2. The summed E-state index contributed by atoms with van der Waals surface area (Å²) < 4.78 is 0. The number of nitrogens with one attached hydrogen (secondary N) is 2. The Kier molecular flexibility index (Phi) is 7.69. The first-order valence-electron chi connectivity index (χ1n) is 15.5. The number of aromatic hydroxyl groups is 2. The Labute approximate surface area is 283 Å². The molecule has 0 saturated heterocycles. The molecule has 0 heterocycles. The Balaban J connectivity index is 1.49. The Morgan fingerprint density at radius 1 is 0.490 bits per heavy atom. The first-order valence-corrected chi connectivity index (χ1v) is 15.5. The lowest BCUT2D eigenvalue weighted by molar-refractivity contribution is 0.101. The summed E-state index contributed by atoms with van der Waals surface area (Å²) in [5.41, 5.74) is 5.61.